The molecule has 17 heavy (non-hydrogen) atoms. The molecule has 0 aromatic heterocycles. The van der Waals surface area contributed by atoms with Crippen molar-refractivity contribution in [1.29, 1.82) is 5.26 Å². The number of unbranched alkanes of at least 4 members (excludes halogenated alkanes) is 1. The van der Waals surface area contributed by atoms with Gasteiger partial charge in [-0.15, -0.1) is 0 Å². The summed E-state index contributed by atoms with van der Waals surface area (Å²) in [6.07, 6.45) is 4.42. The molecule has 0 saturated heterocycles. The monoisotopic (exact) mass is 239 g/mol. The third-order valence-corrected chi connectivity index (χ3v) is 2.93. The highest BCUT2D eigenvalue weighted by Gasteiger charge is 2.23. The van der Waals surface area contributed by atoms with Gasteiger partial charge in [-0.25, -0.2) is 0 Å². The van der Waals surface area contributed by atoms with Gasteiger partial charge in [0.15, 0.2) is 0 Å². The molecule has 0 rings (SSSR count). The molecule has 3 heteroatoms. The Morgan fingerprint density at radius 3 is 2.41 bits per heavy atom. The minimum Gasteiger partial charge on any atom is -0.306 e. The molecule has 1 N–H and O–H groups in total. The Hall–Kier alpha value is -0.590. The van der Waals surface area contributed by atoms with Crippen molar-refractivity contribution in [3.63, 3.8) is 0 Å². The summed E-state index contributed by atoms with van der Waals surface area (Å²) in [6, 6.07) is 2.76. The fraction of sp³-hybridized carbons (Fsp3) is 0.929. The predicted octanol–water partition coefficient (Wildman–Crippen LogP) is 2.78. The van der Waals surface area contributed by atoms with Gasteiger partial charge in [-0.3, -0.25) is 5.32 Å². The van der Waals surface area contributed by atoms with Crippen molar-refractivity contribution in [1.82, 2.24) is 10.2 Å². The summed E-state index contributed by atoms with van der Waals surface area (Å²) in [5.74, 6) is 0. The largest absolute Gasteiger partial charge is 0.306 e. The van der Waals surface area contributed by atoms with Crippen LogP contribution in [0.3, 0.4) is 0 Å². The van der Waals surface area contributed by atoms with E-state index in [1.54, 1.807) is 0 Å². The minimum atomic E-state index is -0.364. The van der Waals surface area contributed by atoms with Crippen molar-refractivity contribution in [3.8, 4) is 6.07 Å². The third kappa shape index (κ3) is 8.18. The highest BCUT2D eigenvalue weighted by atomic mass is 15.1. The molecule has 100 valence electrons. The van der Waals surface area contributed by atoms with E-state index in [1.807, 2.05) is 6.92 Å². The molecule has 0 aromatic rings. The number of nitrogens with one attached hydrogen (secondary N) is 1. The van der Waals surface area contributed by atoms with Gasteiger partial charge in [-0.05, 0) is 66.6 Å². The van der Waals surface area contributed by atoms with E-state index in [-0.39, 0.29) is 5.54 Å². The fourth-order valence-electron chi connectivity index (χ4n) is 2.15. The summed E-state index contributed by atoms with van der Waals surface area (Å²) >= 11 is 0. The number of nitriles is 1. The van der Waals surface area contributed by atoms with E-state index in [4.69, 9.17) is 0 Å². The fourth-order valence-corrected chi connectivity index (χ4v) is 2.15. The lowest BCUT2D eigenvalue weighted by molar-refractivity contribution is 0.310. The summed E-state index contributed by atoms with van der Waals surface area (Å²) < 4.78 is 0. The van der Waals surface area contributed by atoms with E-state index in [9.17, 15) is 5.26 Å². The molecule has 0 bridgehead atoms. The van der Waals surface area contributed by atoms with Crippen molar-refractivity contribution in [2.24, 2.45) is 0 Å². The normalized spacial score (nSPS) is 14.9. The Labute approximate surface area is 107 Å². The van der Waals surface area contributed by atoms with Gasteiger partial charge in [0, 0.05) is 6.04 Å². The molecule has 0 aromatic carbocycles. The first-order valence-corrected chi connectivity index (χ1v) is 6.81. The van der Waals surface area contributed by atoms with Crippen molar-refractivity contribution in [3.05, 3.63) is 0 Å². The zero-order valence-electron chi connectivity index (χ0n) is 12.2. The molecule has 0 aliphatic rings. The van der Waals surface area contributed by atoms with Crippen molar-refractivity contribution in [2.45, 2.75) is 65.0 Å². The highest BCUT2D eigenvalue weighted by molar-refractivity contribution is 5.04. The van der Waals surface area contributed by atoms with E-state index >= 15 is 0 Å². The Morgan fingerprint density at radius 2 is 1.94 bits per heavy atom. The van der Waals surface area contributed by atoms with Crippen LogP contribution in [0.5, 0.6) is 0 Å². The van der Waals surface area contributed by atoms with Crippen LogP contribution in [0.1, 0.15) is 53.4 Å². The quantitative estimate of drug-likeness (QED) is 0.629. The van der Waals surface area contributed by atoms with Crippen molar-refractivity contribution < 1.29 is 0 Å². The molecule has 3 nitrogen and oxygen atoms in total. The summed E-state index contributed by atoms with van der Waals surface area (Å²) in [6.45, 7) is 10.7. The molecule has 0 spiro atoms. The van der Waals surface area contributed by atoms with Crippen LogP contribution < -0.4 is 5.32 Å². The zero-order chi connectivity index (χ0) is 13.3. The average molecular weight is 239 g/mol. The molecule has 0 fully saturated rings. The van der Waals surface area contributed by atoms with Crippen LogP contribution in [0.4, 0.5) is 0 Å². The molecule has 0 saturated carbocycles. The van der Waals surface area contributed by atoms with E-state index in [0.29, 0.717) is 6.04 Å². The van der Waals surface area contributed by atoms with Crippen LogP contribution in [0.2, 0.25) is 0 Å². The van der Waals surface area contributed by atoms with Gasteiger partial charge < -0.3 is 4.90 Å². The van der Waals surface area contributed by atoms with E-state index < -0.39 is 0 Å². The molecule has 0 aliphatic heterocycles. The first-order chi connectivity index (χ1) is 7.93. The van der Waals surface area contributed by atoms with Gasteiger partial charge in [0.2, 0.25) is 0 Å². The standard InChI is InChI=1S/C14H29N3/c1-6-10-17(5)11-8-7-9-14(4,12-15)16-13(2)3/h13,16H,6-11H2,1-5H3. The van der Waals surface area contributed by atoms with E-state index in [2.05, 4.69) is 44.1 Å². The lowest BCUT2D eigenvalue weighted by atomic mass is 9.95. The number of rotatable bonds is 9. The Balaban J connectivity index is 3.81. The SMILES string of the molecule is CCCN(C)CCCCC(C)(C#N)NC(C)C. The summed E-state index contributed by atoms with van der Waals surface area (Å²) in [5, 5.41) is 12.5. The topological polar surface area (TPSA) is 39.1 Å². The number of hydrogen-bond acceptors (Lipinski definition) is 3. The lowest BCUT2D eigenvalue weighted by Gasteiger charge is -2.26. The van der Waals surface area contributed by atoms with Crippen LogP contribution >= 0.6 is 0 Å². The van der Waals surface area contributed by atoms with Gasteiger partial charge in [0.1, 0.15) is 5.54 Å². The maximum Gasteiger partial charge on any atom is 0.104 e. The van der Waals surface area contributed by atoms with E-state index in [1.165, 1.54) is 19.4 Å². The lowest BCUT2D eigenvalue weighted by Crippen LogP contribution is -2.44. The number of hydrogen-bond donors (Lipinski definition) is 1. The van der Waals surface area contributed by atoms with Crippen molar-refractivity contribution >= 4 is 0 Å². The maximum absolute atomic E-state index is 9.20. The van der Waals surface area contributed by atoms with Crippen LogP contribution in [0.25, 0.3) is 0 Å². The molecule has 0 amide bonds. The van der Waals surface area contributed by atoms with Crippen LogP contribution in [-0.2, 0) is 0 Å². The summed E-state index contributed by atoms with van der Waals surface area (Å²) in [5.41, 5.74) is -0.364. The smallest absolute Gasteiger partial charge is 0.104 e. The summed E-state index contributed by atoms with van der Waals surface area (Å²) in [7, 11) is 2.17. The number of nitrogens with zero attached hydrogens (tertiary/aromatic N) is 2. The molecule has 0 radical (unpaired) electrons. The first kappa shape index (κ1) is 16.4. The zero-order valence-corrected chi connectivity index (χ0v) is 12.2. The molecule has 0 heterocycles. The van der Waals surface area contributed by atoms with Gasteiger partial charge in [0.05, 0.1) is 6.07 Å². The average Bonchev–Trinajstić information content (AvgIpc) is 2.24. The molecule has 0 aliphatic carbocycles. The Morgan fingerprint density at radius 1 is 1.29 bits per heavy atom. The Bertz CT molecular complexity index is 232. The van der Waals surface area contributed by atoms with Gasteiger partial charge >= 0.3 is 0 Å². The van der Waals surface area contributed by atoms with E-state index in [0.717, 1.165) is 19.4 Å². The molecule has 1 unspecified atom stereocenters. The third-order valence-electron chi connectivity index (χ3n) is 2.93. The van der Waals surface area contributed by atoms with Crippen molar-refractivity contribution in [2.75, 3.05) is 20.1 Å². The maximum atomic E-state index is 9.20. The first-order valence-electron chi connectivity index (χ1n) is 6.81. The summed E-state index contributed by atoms with van der Waals surface area (Å²) in [4.78, 5) is 2.36. The molecular weight excluding hydrogens is 210 g/mol. The van der Waals surface area contributed by atoms with Gasteiger partial charge in [0.25, 0.3) is 0 Å². The van der Waals surface area contributed by atoms with Crippen LogP contribution in [0.15, 0.2) is 0 Å². The second-order valence-electron chi connectivity index (χ2n) is 5.50. The second kappa shape index (κ2) is 8.49. The van der Waals surface area contributed by atoms with Gasteiger partial charge in [-0.2, -0.15) is 5.26 Å². The second-order valence-corrected chi connectivity index (χ2v) is 5.50. The van der Waals surface area contributed by atoms with Gasteiger partial charge in [-0.1, -0.05) is 6.92 Å². The van der Waals surface area contributed by atoms with Crippen LogP contribution in [0, 0.1) is 11.3 Å². The minimum absolute atomic E-state index is 0.363. The Kier molecular flexibility index (Phi) is 8.20. The predicted molar refractivity (Wildman–Crippen MR) is 73.9 cm³/mol. The molecular formula is C14H29N3. The van der Waals surface area contributed by atoms with Crippen LogP contribution in [-0.4, -0.2) is 36.6 Å². The highest BCUT2D eigenvalue weighted by Crippen LogP contribution is 2.14. The molecule has 1 atom stereocenters.